The summed E-state index contributed by atoms with van der Waals surface area (Å²) in [5, 5.41) is 4.15. The van der Waals surface area contributed by atoms with Crippen LogP contribution in [0.2, 0.25) is 5.02 Å². The first-order valence-corrected chi connectivity index (χ1v) is 7.41. The molecule has 2 aromatic rings. The van der Waals surface area contributed by atoms with E-state index in [1.54, 1.807) is 13.2 Å². The number of halogens is 2. The zero-order valence-corrected chi connectivity index (χ0v) is 12.6. The first-order valence-electron chi connectivity index (χ1n) is 7.03. The molecular weight excluding hydrogens is 289 g/mol. The molecule has 0 amide bonds. The molecule has 1 aliphatic rings. The normalized spacial score (nSPS) is 14.2. The van der Waals surface area contributed by atoms with Crippen molar-refractivity contribution in [3.8, 4) is 16.9 Å². The van der Waals surface area contributed by atoms with Gasteiger partial charge in [0.05, 0.1) is 7.11 Å². The van der Waals surface area contributed by atoms with Crippen molar-refractivity contribution in [2.45, 2.75) is 25.4 Å². The van der Waals surface area contributed by atoms with Gasteiger partial charge in [-0.25, -0.2) is 4.39 Å². The molecule has 0 radical (unpaired) electrons. The molecule has 0 heterocycles. The third-order valence-electron chi connectivity index (χ3n) is 3.68. The van der Waals surface area contributed by atoms with Gasteiger partial charge in [0.1, 0.15) is 11.6 Å². The molecule has 1 aliphatic carbocycles. The van der Waals surface area contributed by atoms with Crippen molar-refractivity contribution >= 4 is 11.6 Å². The van der Waals surface area contributed by atoms with Gasteiger partial charge in [-0.1, -0.05) is 17.7 Å². The van der Waals surface area contributed by atoms with E-state index < -0.39 is 0 Å². The monoisotopic (exact) mass is 305 g/mol. The Balaban J connectivity index is 2.01. The van der Waals surface area contributed by atoms with Crippen molar-refractivity contribution < 1.29 is 9.13 Å². The van der Waals surface area contributed by atoms with E-state index in [0.29, 0.717) is 16.8 Å². The predicted molar refractivity (Wildman–Crippen MR) is 83.3 cm³/mol. The lowest BCUT2D eigenvalue weighted by Gasteiger charge is -2.14. The quantitative estimate of drug-likeness (QED) is 0.883. The van der Waals surface area contributed by atoms with Gasteiger partial charge in [0, 0.05) is 23.2 Å². The molecule has 110 valence electrons. The van der Waals surface area contributed by atoms with E-state index in [-0.39, 0.29) is 5.82 Å². The summed E-state index contributed by atoms with van der Waals surface area (Å²) in [6.07, 6.45) is 2.44. The highest BCUT2D eigenvalue weighted by Crippen LogP contribution is 2.34. The number of ether oxygens (including phenoxy) is 1. The Morgan fingerprint density at radius 1 is 1.19 bits per heavy atom. The van der Waals surface area contributed by atoms with Crippen LogP contribution in [0.1, 0.15) is 18.4 Å². The fraction of sp³-hybridized carbons (Fsp3) is 0.294. The molecule has 0 saturated heterocycles. The number of benzene rings is 2. The first-order chi connectivity index (χ1) is 10.2. The average Bonchev–Trinajstić information content (AvgIpc) is 3.29. The number of hydrogen-bond acceptors (Lipinski definition) is 2. The van der Waals surface area contributed by atoms with Gasteiger partial charge in [0.25, 0.3) is 0 Å². The Morgan fingerprint density at radius 2 is 2.00 bits per heavy atom. The molecule has 0 atom stereocenters. The Morgan fingerprint density at radius 3 is 2.71 bits per heavy atom. The van der Waals surface area contributed by atoms with Crippen LogP contribution in [0.25, 0.3) is 11.1 Å². The number of rotatable bonds is 5. The van der Waals surface area contributed by atoms with Crippen LogP contribution in [-0.4, -0.2) is 13.2 Å². The predicted octanol–water partition coefficient (Wildman–Crippen LogP) is 4.41. The number of nitrogens with one attached hydrogen (secondary N) is 1. The molecule has 1 fully saturated rings. The fourth-order valence-electron chi connectivity index (χ4n) is 2.40. The molecule has 2 nitrogen and oxygen atoms in total. The highest BCUT2D eigenvalue weighted by molar-refractivity contribution is 6.30. The van der Waals surface area contributed by atoms with Crippen molar-refractivity contribution in [1.29, 1.82) is 0 Å². The Kier molecular flexibility index (Phi) is 4.13. The highest BCUT2D eigenvalue weighted by Gasteiger charge is 2.21. The van der Waals surface area contributed by atoms with Crippen molar-refractivity contribution in [1.82, 2.24) is 5.32 Å². The Hall–Kier alpha value is -1.58. The van der Waals surface area contributed by atoms with Crippen LogP contribution in [0.4, 0.5) is 4.39 Å². The molecule has 0 bridgehead atoms. The lowest BCUT2D eigenvalue weighted by Crippen LogP contribution is -2.16. The van der Waals surface area contributed by atoms with Crippen molar-refractivity contribution in [2.24, 2.45) is 0 Å². The SMILES string of the molecule is COc1ccc(F)cc1-c1ccc(Cl)cc1CNC1CC1. The maximum atomic E-state index is 13.6. The summed E-state index contributed by atoms with van der Waals surface area (Å²) >= 11 is 6.11. The van der Waals surface area contributed by atoms with Crippen LogP contribution in [0.15, 0.2) is 36.4 Å². The molecule has 1 N–H and O–H groups in total. The number of methoxy groups -OCH3 is 1. The van der Waals surface area contributed by atoms with Gasteiger partial charge in [-0.2, -0.15) is 0 Å². The van der Waals surface area contributed by atoms with Crippen LogP contribution in [0, 0.1) is 5.82 Å². The molecule has 0 aliphatic heterocycles. The minimum atomic E-state index is -0.276. The number of hydrogen-bond donors (Lipinski definition) is 1. The second-order valence-electron chi connectivity index (χ2n) is 5.30. The average molecular weight is 306 g/mol. The summed E-state index contributed by atoms with van der Waals surface area (Å²) < 4.78 is 19.0. The second-order valence-corrected chi connectivity index (χ2v) is 5.74. The van der Waals surface area contributed by atoms with Gasteiger partial charge in [-0.3, -0.25) is 0 Å². The molecule has 21 heavy (non-hydrogen) atoms. The van der Waals surface area contributed by atoms with E-state index in [4.69, 9.17) is 16.3 Å². The van der Waals surface area contributed by atoms with Gasteiger partial charge in [-0.05, 0) is 54.3 Å². The van der Waals surface area contributed by atoms with E-state index in [0.717, 1.165) is 23.2 Å². The van der Waals surface area contributed by atoms with Crippen molar-refractivity contribution in [3.63, 3.8) is 0 Å². The van der Waals surface area contributed by atoms with Gasteiger partial charge in [0.2, 0.25) is 0 Å². The molecule has 1 saturated carbocycles. The van der Waals surface area contributed by atoms with Crippen molar-refractivity contribution in [3.05, 3.63) is 52.8 Å². The van der Waals surface area contributed by atoms with Crippen molar-refractivity contribution in [2.75, 3.05) is 7.11 Å². The van der Waals surface area contributed by atoms with E-state index in [9.17, 15) is 4.39 Å². The molecule has 3 rings (SSSR count). The van der Waals surface area contributed by atoms with E-state index in [2.05, 4.69) is 5.32 Å². The molecular formula is C17H17ClFNO. The standard InChI is InChI=1S/C17H17ClFNO/c1-21-17-7-3-13(19)9-16(17)15-6-2-12(18)8-11(15)10-20-14-4-5-14/h2-3,6-9,14,20H,4-5,10H2,1H3. The maximum Gasteiger partial charge on any atom is 0.126 e. The van der Waals surface area contributed by atoms with Gasteiger partial charge in [0.15, 0.2) is 0 Å². The Bertz CT molecular complexity index is 655. The third-order valence-corrected chi connectivity index (χ3v) is 3.91. The highest BCUT2D eigenvalue weighted by atomic mass is 35.5. The fourth-order valence-corrected chi connectivity index (χ4v) is 2.60. The molecule has 0 spiro atoms. The van der Waals surface area contributed by atoms with E-state index in [1.165, 1.54) is 25.0 Å². The summed E-state index contributed by atoms with van der Waals surface area (Å²) in [6, 6.07) is 10.8. The van der Waals surface area contributed by atoms with Gasteiger partial charge in [-0.15, -0.1) is 0 Å². The maximum absolute atomic E-state index is 13.6. The van der Waals surface area contributed by atoms with Crippen LogP contribution in [0.3, 0.4) is 0 Å². The minimum absolute atomic E-state index is 0.276. The molecule has 2 aromatic carbocycles. The lowest BCUT2D eigenvalue weighted by atomic mass is 9.98. The van der Waals surface area contributed by atoms with E-state index in [1.807, 2.05) is 18.2 Å². The van der Waals surface area contributed by atoms with Gasteiger partial charge >= 0.3 is 0 Å². The van der Waals surface area contributed by atoms with Crippen LogP contribution < -0.4 is 10.1 Å². The van der Waals surface area contributed by atoms with Crippen LogP contribution >= 0.6 is 11.6 Å². The third kappa shape index (κ3) is 3.36. The lowest BCUT2D eigenvalue weighted by molar-refractivity contribution is 0.415. The summed E-state index contributed by atoms with van der Waals surface area (Å²) in [5.74, 6) is 0.383. The van der Waals surface area contributed by atoms with E-state index >= 15 is 0 Å². The smallest absolute Gasteiger partial charge is 0.126 e. The summed E-state index contributed by atoms with van der Waals surface area (Å²) in [7, 11) is 1.59. The topological polar surface area (TPSA) is 21.3 Å². The second kappa shape index (κ2) is 6.04. The Labute approximate surface area is 128 Å². The largest absolute Gasteiger partial charge is 0.496 e. The summed E-state index contributed by atoms with van der Waals surface area (Å²) in [4.78, 5) is 0. The zero-order chi connectivity index (χ0) is 14.8. The minimum Gasteiger partial charge on any atom is -0.496 e. The molecule has 4 heteroatoms. The van der Waals surface area contributed by atoms with Crippen LogP contribution in [-0.2, 0) is 6.54 Å². The summed E-state index contributed by atoms with van der Waals surface area (Å²) in [6.45, 7) is 0.722. The van der Waals surface area contributed by atoms with Gasteiger partial charge < -0.3 is 10.1 Å². The summed E-state index contributed by atoms with van der Waals surface area (Å²) in [5.41, 5.74) is 2.75. The molecule has 0 aromatic heterocycles. The first kappa shape index (κ1) is 14.4. The molecule has 0 unspecified atom stereocenters. The zero-order valence-electron chi connectivity index (χ0n) is 11.8. The van der Waals surface area contributed by atoms with Crippen LogP contribution in [0.5, 0.6) is 5.75 Å².